The summed E-state index contributed by atoms with van der Waals surface area (Å²) in [5.41, 5.74) is 1.95. The monoisotopic (exact) mass is 270 g/mol. The minimum atomic E-state index is -0.190. The SMILES string of the molecule is CB(C)c1ccc(OC(C)Cc2ccccc2)cc1F. The second kappa shape index (κ2) is 6.60. The topological polar surface area (TPSA) is 9.23 Å². The Kier molecular flexibility index (Phi) is 4.83. The largest absolute Gasteiger partial charge is 0.490 e. The number of ether oxygens (including phenoxy) is 1. The van der Waals surface area contributed by atoms with E-state index in [4.69, 9.17) is 4.74 Å². The normalized spacial score (nSPS) is 12.0. The standard InChI is InChI=1S/C17H20BFO/c1-13(11-14-7-5-4-6-8-14)20-15-9-10-16(18(2)3)17(19)12-15/h4-10,12-13H,11H2,1-3H3. The molecular weight excluding hydrogens is 250 g/mol. The highest BCUT2D eigenvalue weighted by atomic mass is 19.1. The van der Waals surface area contributed by atoms with E-state index in [9.17, 15) is 4.39 Å². The molecule has 0 aromatic heterocycles. The molecule has 0 radical (unpaired) electrons. The molecule has 2 aromatic rings. The zero-order valence-electron chi connectivity index (χ0n) is 12.3. The Morgan fingerprint density at radius 2 is 1.80 bits per heavy atom. The van der Waals surface area contributed by atoms with Crippen molar-refractivity contribution in [2.24, 2.45) is 0 Å². The predicted octanol–water partition coefficient (Wildman–Crippen LogP) is 3.80. The Balaban J connectivity index is 2.01. The maximum absolute atomic E-state index is 13.9. The third kappa shape index (κ3) is 3.86. The van der Waals surface area contributed by atoms with Gasteiger partial charge in [-0.2, -0.15) is 0 Å². The molecule has 0 amide bonds. The van der Waals surface area contributed by atoms with Crippen LogP contribution in [-0.2, 0) is 6.42 Å². The fourth-order valence-electron chi connectivity index (χ4n) is 2.27. The number of benzene rings is 2. The van der Waals surface area contributed by atoms with Gasteiger partial charge in [0.1, 0.15) is 11.6 Å². The molecular formula is C17H20BFO. The fourth-order valence-corrected chi connectivity index (χ4v) is 2.27. The first-order valence-corrected chi connectivity index (χ1v) is 7.06. The minimum Gasteiger partial charge on any atom is -0.490 e. The number of hydrogen-bond donors (Lipinski definition) is 0. The van der Waals surface area contributed by atoms with Crippen molar-refractivity contribution >= 4 is 12.2 Å². The number of rotatable bonds is 5. The highest BCUT2D eigenvalue weighted by molar-refractivity contribution is 6.70. The average molecular weight is 270 g/mol. The van der Waals surface area contributed by atoms with Gasteiger partial charge < -0.3 is 4.74 Å². The van der Waals surface area contributed by atoms with Gasteiger partial charge in [0, 0.05) is 12.5 Å². The summed E-state index contributed by atoms with van der Waals surface area (Å²) in [5, 5.41) is 0. The number of halogens is 1. The molecule has 20 heavy (non-hydrogen) atoms. The molecule has 0 fully saturated rings. The minimum absolute atomic E-state index is 0.0155. The summed E-state index contributed by atoms with van der Waals surface area (Å²) >= 11 is 0. The summed E-state index contributed by atoms with van der Waals surface area (Å²) in [6.45, 7) is 6.15. The molecule has 1 nitrogen and oxygen atoms in total. The summed E-state index contributed by atoms with van der Waals surface area (Å²) in [4.78, 5) is 0. The van der Waals surface area contributed by atoms with Gasteiger partial charge in [0.15, 0.2) is 6.71 Å². The quantitative estimate of drug-likeness (QED) is 0.751. The Morgan fingerprint density at radius 1 is 1.10 bits per heavy atom. The van der Waals surface area contributed by atoms with Crippen molar-refractivity contribution in [3.63, 3.8) is 0 Å². The summed E-state index contributed by atoms with van der Waals surface area (Å²) in [6.07, 6.45) is 0.829. The average Bonchev–Trinajstić information content (AvgIpc) is 2.39. The van der Waals surface area contributed by atoms with Crippen LogP contribution >= 0.6 is 0 Å². The highest BCUT2D eigenvalue weighted by Gasteiger charge is 2.12. The lowest BCUT2D eigenvalue weighted by atomic mass is 9.49. The Morgan fingerprint density at radius 3 is 2.40 bits per heavy atom. The molecule has 0 saturated carbocycles. The molecule has 0 spiro atoms. The Labute approximate surface area is 120 Å². The van der Waals surface area contributed by atoms with Gasteiger partial charge in [-0.3, -0.25) is 0 Å². The van der Waals surface area contributed by atoms with Crippen LogP contribution in [0.25, 0.3) is 0 Å². The molecule has 1 atom stereocenters. The van der Waals surface area contributed by atoms with E-state index in [1.165, 1.54) is 11.6 Å². The molecule has 2 rings (SSSR count). The molecule has 0 N–H and O–H groups in total. The maximum atomic E-state index is 13.9. The lowest BCUT2D eigenvalue weighted by molar-refractivity contribution is 0.221. The molecule has 0 saturated heterocycles. The second-order valence-corrected chi connectivity index (χ2v) is 5.46. The van der Waals surface area contributed by atoms with E-state index in [-0.39, 0.29) is 18.6 Å². The van der Waals surface area contributed by atoms with Gasteiger partial charge in [-0.25, -0.2) is 4.39 Å². The number of hydrogen-bond acceptors (Lipinski definition) is 1. The van der Waals surface area contributed by atoms with Gasteiger partial charge in [-0.1, -0.05) is 50.0 Å². The van der Waals surface area contributed by atoms with E-state index in [1.54, 1.807) is 0 Å². The van der Waals surface area contributed by atoms with Crippen molar-refractivity contribution in [2.75, 3.05) is 0 Å². The lowest BCUT2D eigenvalue weighted by Crippen LogP contribution is -2.26. The molecule has 104 valence electrons. The highest BCUT2D eigenvalue weighted by Crippen LogP contribution is 2.15. The molecule has 0 aliphatic carbocycles. The fraction of sp³-hybridized carbons (Fsp3) is 0.294. The van der Waals surface area contributed by atoms with Gasteiger partial charge >= 0.3 is 0 Å². The first kappa shape index (κ1) is 14.6. The molecule has 0 heterocycles. The van der Waals surface area contributed by atoms with Crippen molar-refractivity contribution in [1.82, 2.24) is 0 Å². The molecule has 2 aromatic carbocycles. The van der Waals surface area contributed by atoms with Crippen LogP contribution in [0.1, 0.15) is 12.5 Å². The molecule has 3 heteroatoms. The maximum Gasteiger partial charge on any atom is 0.173 e. The van der Waals surface area contributed by atoms with Crippen LogP contribution in [0.3, 0.4) is 0 Å². The van der Waals surface area contributed by atoms with Gasteiger partial charge in [0.2, 0.25) is 0 Å². The van der Waals surface area contributed by atoms with Crippen molar-refractivity contribution in [3.8, 4) is 5.75 Å². The molecule has 1 unspecified atom stereocenters. The third-order valence-corrected chi connectivity index (χ3v) is 3.30. The van der Waals surface area contributed by atoms with Crippen molar-refractivity contribution in [3.05, 3.63) is 59.9 Å². The van der Waals surface area contributed by atoms with Crippen molar-refractivity contribution < 1.29 is 9.13 Å². The Bertz CT molecular complexity index is 554. The summed E-state index contributed by atoms with van der Waals surface area (Å²) < 4.78 is 19.7. The van der Waals surface area contributed by atoms with Crippen molar-refractivity contribution in [1.29, 1.82) is 0 Å². The van der Waals surface area contributed by atoms with Crippen LogP contribution in [0.15, 0.2) is 48.5 Å². The van der Waals surface area contributed by atoms with E-state index in [2.05, 4.69) is 12.1 Å². The summed E-state index contributed by atoms with van der Waals surface area (Å²) in [6, 6.07) is 15.3. The predicted molar refractivity (Wildman–Crippen MR) is 83.8 cm³/mol. The molecule has 0 bridgehead atoms. The third-order valence-electron chi connectivity index (χ3n) is 3.30. The van der Waals surface area contributed by atoms with E-state index in [0.29, 0.717) is 5.75 Å². The lowest BCUT2D eigenvalue weighted by Gasteiger charge is -2.16. The van der Waals surface area contributed by atoms with E-state index in [0.717, 1.165) is 11.9 Å². The van der Waals surface area contributed by atoms with Gasteiger partial charge in [0.05, 0.1) is 6.10 Å². The molecule has 0 aliphatic heterocycles. The van der Waals surface area contributed by atoms with Gasteiger partial charge in [0.25, 0.3) is 0 Å². The first-order chi connectivity index (χ1) is 9.56. The van der Waals surface area contributed by atoms with E-state index in [1.807, 2.05) is 50.9 Å². The Hall–Kier alpha value is -1.77. The van der Waals surface area contributed by atoms with Crippen LogP contribution in [0, 0.1) is 5.82 Å². The van der Waals surface area contributed by atoms with Crippen LogP contribution in [0.5, 0.6) is 5.75 Å². The smallest absolute Gasteiger partial charge is 0.173 e. The molecule has 0 aliphatic rings. The second-order valence-electron chi connectivity index (χ2n) is 5.46. The van der Waals surface area contributed by atoms with Crippen LogP contribution in [0.4, 0.5) is 4.39 Å². The van der Waals surface area contributed by atoms with Gasteiger partial charge in [-0.05, 0) is 24.0 Å². The van der Waals surface area contributed by atoms with E-state index < -0.39 is 0 Å². The van der Waals surface area contributed by atoms with Gasteiger partial charge in [-0.15, -0.1) is 0 Å². The summed E-state index contributed by atoms with van der Waals surface area (Å²) in [5.74, 6) is 0.403. The van der Waals surface area contributed by atoms with Crippen LogP contribution < -0.4 is 10.2 Å². The first-order valence-electron chi connectivity index (χ1n) is 7.06. The zero-order valence-corrected chi connectivity index (χ0v) is 12.3. The van der Waals surface area contributed by atoms with Crippen molar-refractivity contribution in [2.45, 2.75) is 33.1 Å². The zero-order chi connectivity index (χ0) is 14.5. The summed E-state index contributed by atoms with van der Waals surface area (Å²) in [7, 11) is 0. The van der Waals surface area contributed by atoms with Crippen LogP contribution in [0.2, 0.25) is 13.6 Å². The van der Waals surface area contributed by atoms with Crippen LogP contribution in [-0.4, -0.2) is 12.8 Å². The van der Waals surface area contributed by atoms with E-state index >= 15 is 0 Å².